The Morgan fingerprint density at radius 2 is 2.00 bits per heavy atom. The molecule has 3 aromatic heterocycles. The third-order valence-electron chi connectivity index (χ3n) is 5.51. The van der Waals surface area contributed by atoms with E-state index >= 15 is 0 Å². The number of ether oxygens (including phenoxy) is 2. The molecule has 0 amide bonds. The number of nitrogens with one attached hydrogen (secondary N) is 1. The summed E-state index contributed by atoms with van der Waals surface area (Å²) in [5.74, 6) is 0.217. The molecule has 3 heterocycles. The van der Waals surface area contributed by atoms with Crippen LogP contribution in [0.5, 0.6) is 0 Å². The fraction of sp³-hybridized carbons (Fsp3) is 0.333. The zero-order valence-electron chi connectivity index (χ0n) is 20.5. The number of hydrogen-bond donors (Lipinski definition) is 1. The van der Waals surface area contributed by atoms with Crippen LogP contribution in [0.15, 0.2) is 47.6 Å². The van der Waals surface area contributed by atoms with E-state index in [-0.39, 0.29) is 5.97 Å². The fourth-order valence-corrected chi connectivity index (χ4v) is 4.72. The zero-order valence-corrected chi connectivity index (χ0v) is 23.1. The number of fused-ring (bicyclic) bond motifs is 1. The van der Waals surface area contributed by atoms with Gasteiger partial charge in [0.1, 0.15) is 11.3 Å². The van der Waals surface area contributed by atoms with E-state index in [1.54, 1.807) is 16.9 Å². The average Bonchev–Trinajstić information content (AvgIpc) is 3.42. The van der Waals surface area contributed by atoms with Crippen LogP contribution in [0.25, 0.3) is 16.9 Å². The van der Waals surface area contributed by atoms with Crippen LogP contribution in [-0.2, 0) is 16.2 Å². The first-order valence-corrected chi connectivity index (χ1v) is 15.7. The number of carbonyl (C=O) groups is 1. The van der Waals surface area contributed by atoms with Gasteiger partial charge in [-0.15, -0.1) is 0 Å². The number of rotatable bonds is 9. The van der Waals surface area contributed by atoms with Gasteiger partial charge in [-0.05, 0) is 52.7 Å². The van der Waals surface area contributed by atoms with Gasteiger partial charge in [0.15, 0.2) is 11.5 Å². The number of aryl methyl sites for hydroxylation is 1. The Labute approximate surface area is 213 Å². The number of carbonyl (C=O) groups excluding carboxylic acids is 1. The zero-order chi connectivity index (χ0) is 25.2. The molecule has 0 aliphatic heterocycles. The van der Waals surface area contributed by atoms with E-state index in [1.807, 2.05) is 42.0 Å². The lowest BCUT2D eigenvalue weighted by Crippen LogP contribution is -2.22. The van der Waals surface area contributed by atoms with E-state index < -0.39 is 8.07 Å². The van der Waals surface area contributed by atoms with E-state index in [1.165, 1.54) is 7.11 Å². The van der Waals surface area contributed by atoms with Crippen molar-refractivity contribution in [3.8, 4) is 11.3 Å². The van der Waals surface area contributed by atoms with Gasteiger partial charge < -0.3 is 14.8 Å². The Bertz CT molecular complexity index is 1360. The van der Waals surface area contributed by atoms with Crippen molar-refractivity contribution in [1.29, 1.82) is 0 Å². The van der Waals surface area contributed by atoms with Gasteiger partial charge >= 0.3 is 5.97 Å². The maximum absolute atomic E-state index is 11.9. The van der Waals surface area contributed by atoms with Crippen molar-refractivity contribution in [2.45, 2.75) is 39.3 Å². The molecule has 0 aliphatic rings. The minimum absolute atomic E-state index is 0.364. The van der Waals surface area contributed by atoms with Crippen molar-refractivity contribution in [1.82, 2.24) is 24.1 Å². The SMILES string of the molecule is COC(=O)c1ccc(Nc2nc(Br)cn3c(-c4cnn(COCC[Si](C)(C)C)c4)cnc23)cc1C. The van der Waals surface area contributed by atoms with Crippen molar-refractivity contribution in [3.05, 3.63) is 58.7 Å². The number of nitrogens with zero attached hydrogens (tertiary/aromatic N) is 5. The van der Waals surface area contributed by atoms with Crippen LogP contribution in [-0.4, -0.2) is 51.9 Å². The van der Waals surface area contributed by atoms with Gasteiger partial charge in [0.05, 0.1) is 30.8 Å². The van der Waals surface area contributed by atoms with Gasteiger partial charge in [-0.1, -0.05) is 19.6 Å². The van der Waals surface area contributed by atoms with Crippen molar-refractivity contribution >= 4 is 47.1 Å². The molecule has 9 nitrogen and oxygen atoms in total. The predicted octanol–water partition coefficient (Wildman–Crippen LogP) is 5.51. The normalized spacial score (nSPS) is 11.7. The van der Waals surface area contributed by atoms with E-state index in [0.717, 1.165) is 35.2 Å². The second-order valence-electron chi connectivity index (χ2n) is 9.51. The summed E-state index contributed by atoms with van der Waals surface area (Å²) >= 11 is 3.51. The van der Waals surface area contributed by atoms with E-state index in [4.69, 9.17) is 9.47 Å². The lowest BCUT2D eigenvalue weighted by molar-refractivity contribution is 0.0600. The van der Waals surface area contributed by atoms with E-state index in [0.29, 0.717) is 28.4 Å². The minimum Gasteiger partial charge on any atom is -0.465 e. The first-order valence-electron chi connectivity index (χ1n) is 11.2. The molecule has 1 N–H and O–H groups in total. The largest absolute Gasteiger partial charge is 0.465 e. The Hall–Kier alpha value is -3.02. The number of benzene rings is 1. The van der Waals surface area contributed by atoms with Crippen LogP contribution in [0.2, 0.25) is 25.7 Å². The summed E-state index contributed by atoms with van der Waals surface area (Å²) < 4.78 is 15.0. The highest BCUT2D eigenvalue weighted by atomic mass is 79.9. The Morgan fingerprint density at radius 1 is 1.20 bits per heavy atom. The summed E-state index contributed by atoms with van der Waals surface area (Å²) in [4.78, 5) is 21.1. The van der Waals surface area contributed by atoms with Gasteiger partial charge in [-0.2, -0.15) is 5.10 Å². The number of halogens is 1. The molecule has 11 heteroatoms. The van der Waals surface area contributed by atoms with Gasteiger partial charge in [0.2, 0.25) is 0 Å². The quantitative estimate of drug-likeness (QED) is 0.165. The minimum atomic E-state index is -1.12. The number of methoxy groups -OCH3 is 1. The monoisotopic (exact) mass is 556 g/mol. The fourth-order valence-electron chi connectivity index (χ4n) is 3.58. The molecule has 0 radical (unpaired) electrons. The van der Waals surface area contributed by atoms with Crippen molar-refractivity contribution in [2.24, 2.45) is 0 Å². The lowest BCUT2D eigenvalue weighted by Gasteiger charge is -2.15. The number of hydrogen-bond acceptors (Lipinski definition) is 7. The molecule has 0 atom stereocenters. The summed E-state index contributed by atoms with van der Waals surface area (Å²) in [7, 11) is 0.253. The first-order chi connectivity index (χ1) is 16.6. The molecule has 0 bridgehead atoms. The highest BCUT2D eigenvalue weighted by molar-refractivity contribution is 9.10. The van der Waals surface area contributed by atoms with Crippen LogP contribution in [0, 0.1) is 6.92 Å². The number of imidazole rings is 1. The first kappa shape index (κ1) is 25.1. The summed E-state index contributed by atoms with van der Waals surface area (Å²) in [6.07, 6.45) is 7.43. The molecule has 184 valence electrons. The maximum Gasteiger partial charge on any atom is 0.338 e. The molecule has 4 aromatic rings. The van der Waals surface area contributed by atoms with Gasteiger partial charge in [0, 0.05) is 38.3 Å². The predicted molar refractivity (Wildman–Crippen MR) is 142 cm³/mol. The Balaban J connectivity index is 1.55. The average molecular weight is 558 g/mol. The number of aromatic nitrogens is 5. The molecule has 0 saturated heterocycles. The molecule has 0 saturated carbocycles. The number of esters is 1. The van der Waals surface area contributed by atoms with E-state index in [9.17, 15) is 4.79 Å². The van der Waals surface area contributed by atoms with Gasteiger partial charge in [0.25, 0.3) is 0 Å². The third-order valence-corrected chi connectivity index (χ3v) is 7.59. The van der Waals surface area contributed by atoms with E-state index in [2.05, 4.69) is 56.0 Å². The molecule has 0 unspecified atom stereocenters. The molecular weight excluding hydrogens is 528 g/mol. The van der Waals surface area contributed by atoms with Crippen LogP contribution in [0.1, 0.15) is 15.9 Å². The number of anilines is 2. The second-order valence-corrected chi connectivity index (χ2v) is 15.9. The van der Waals surface area contributed by atoms with Crippen molar-refractivity contribution in [2.75, 3.05) is 19.0 Å². The van der Waals surface area contributed by atoms with Crippen LogP contribution < -0.4 is 5.32 Å². The van der Waals surface area contributed by atoms with Crippen LogP contribution in [0.3, 0.4) is 0 Å². The lowest BCUT2D eigenvalue weighted by atomic mass is 10.1. The topological polar surface area (TPSA) is 95.6 Å². The van der Waals surface area contributed by atoms with Crippen LogP contribution >= 0.6 is 15.9 Å². The van der Waals surface area contributed by atoms with Crippen LogP contribution in [0.4, 0.5) is 11.5 Å². The smallest absolute Gasteiger partial charge is 0.338 e. The highest BCUT2D eigenvalue weighted by Gasteiger charge is 2.16. The molecule has 0 spiro atoms. The summed E-state index contributed by atoms with van der Waals surface area (Å²) in [5.41, 5.74) is 4.59. The molecular formula is C24H29BrN6O3Si. The third kappa shape index (κ3) is 5.98. The summed E-state index contributed by atoms with van der Waals surface area (Å²) in [6, 6.07) is 6.54. The van der Waals surface area contributed by atoms with Crippen molar-refractivity contribution in [3.63, 3.8) is 0 Å². The van der Waals surface area contributed by atoms with Gasteiger partial charge in [-0.3, -0.25) is 4.40 Å². The summed E-state index contributed by atoms with van der Waals surface area (Å²) in [5, 5.41) is 7.76. The van der Waals surface area contributed by atoms with Crippen molar-refractivity contribution < 1.29 is 14.3 Å². The standard InChI is InChI=1S/C24H29BrN6O3Si/c1-16-10-18(6-7-19(16)24(32)33-2)28-22-23-26-12-20(31(23)14-21(25)29-22)17-11-27-30(13-17)15-34-8-9-35(3,4)5/h6-7,10-14H,8-9,15H2,1-5H3,(H,28,29). The Morgan fingerprint density at radius 3 is 2.71 bits per heavy atom. The molecule has 0 aliphatic carbocycles. The highest BCUT2D eigenvalue weighted by Crippen LogP contribution is 2.28. The molecule has 0 fully saturated rings. The molecule has 4 rings (SSSR count). The molecule has 1 aromatic carbocycles. The summed E-state index contributed by atoms with van der Waals surface area (Å²) in [6.45, 7) is 10.0. The molecule has 35 heavy (non-hydrogen) atoms. The van der Waals surface area contributed by atoms with Gasteiger partial charge in [-0.25, -0.2) is 19.4 Å². The second kappa shape index (κ2) is 10.3. The maximum atomic E-state index is 11.9. The Kier molecular flexibility index (Phi) is 7.38.